The van der Waals surface area contributed by atoms with Crippen LogP contribution >= 0.6 is 0 Å². The molecule has 0 aromatic carbocycles. The van der Waals surface area contributed by atoms with Crippen molar-refractivity contribution in [3.05, 3.63) is 36.4 Å². The normalized spacial score (nSPS) is 11.5. The van der Waals surface area contributed by atoms with Crippen LogP contribution in [-0.2, 0) is 7.05 Å². The summed E-state index contributed by atoms with van der Waals surface area (Å²) in [4.78, 5) is 0. The quantitative estimate of drug-likeness (QED) is 0.535. The molecule has 0 unspecified atom stereocenters. The minimum Gasteiger partial charge on any atom is -0.397 e. The predicted octanol–water partition coefficient (Wildman–Crippen LogP) is 0.305. The Balaban J connectivity index is 3.00. The van der Waals surface area contributed by atoms with Gasteiger partial charge in [-0.3, -0.25) is 9.69 Å². The van der Waals surface area contributed by atoms with Gasteiger partial charge in [-0.2, -0.15) is 5.10 Å². The Labute approximate surface area is 83.3 Å². The third-order valence-corrected chi connectivity index (χ3v) is 2.05. The molecular weight excluding hydrogens is 178 g/mol. The van der Waals surface area contributed by atoms with Crippen LogP contribution in [-0.4, -0.2) is 14.8 Å². The SMILES string of the molecule is C=CN(N)/C=C(\N)c1cnn(C)c1C. The first kappa shape index (κ1) is 10.3. The maximum absolute atomic E-state index is 5.82. The van der Waals surface area contributed by atoms with Gasteiger partial charge in [0.05, 0.1) is 11.9 Å². The lowest BCUT2D eigenvalue weighted by molar-refractivity contribution is 0.543. The van der Waals surface area contributed by atoms with E-state index in [9.17, 15) is 0 Å². The van der Waals surface area contributed by atoms with E-state index in [-0.39, 0.29) is 0 Å². The highest BCUT2D eigenvalue weighted by Crippen LogP contribution is 2.12. The molecule has 1 aromatic heterocycles. The van der Waals surface area contributed by atoms with Crippen LogP contribution in [0.5, 0.6) is 0 Å². The van der Waals surface area contributed by atoms with Gasteiger partial charge in [0.25, 0.3) is 0 Å². The van der Waals surface area contributed by atoms with Gasteiger partial charge < -0.3 is 5.73 Å². The number of aryl methyl sites for hydroxylation is 1. The van der Waals surface area contributed by atoms with E-state index in [0.717, 1.165) is 11.3 Å². The summed E-state index contributed by atoms with van der Waals surface area (Å²) in [6.45, 7) is 5.46. The van der Waals surface area contributed by atoms with Crippen LogP contribution in [0.25, 0.3) is 5.70 Å². The van der Waals surface area contributed by atoms with Crippen LogP contribution in [0.3, 0.4) is 0 Å². The molecule has 0 bridgehead atoms. The van der Waals surface area contributed by atoms with Crippen LogP contribution in [0.4, 0.5) is 0 Å². The van der Waals surface area contributed by atoms with Gasteiger partial charge in [0.2, 0.25) is 0 Å². The molecule has 76 valence electrons. The molecule has 14 heavy (non-hydrogen) atoms. The summed E-state index contributed by atoms with van der Waals surface area (Å²) >= 11 is 0. The molecule has 0 fully saturated rings. The topological polar surface area (TPSA) is 73.1 Å². The highest BCUT2D eigenvalue weighted by molar-refractivity contribution is 5.63. The Kier molecular flexibility index (Phi) is 2.93. The molecule has 4 N–H and O–H groups in total. The summed E-state index contributed by atoms with van der Waals surface area (Å²) in [5.41, 5.74) is 8.27. The van der Waals surface area contributed by atoms with Crippen molar-refractivity contribution in [2.45, 2.75) is 6.92 Å². The first-order chi connectivity index (χ1) is 6.56. The summed E-state index contributed by atoms with van der Waals surface area (Å²) in [7, 11) is 1.86. The molecule has 5 heteroatoms. The average molecular weight is 193 g/mol. The fourth-order valence-electron chi connectivity index (χ4n) is 1.06. The van der Waals surface area contributed by atoms with Crippen molar-refractivity contribution >= 4 is 5.70 Å². The van der Waals surface area contributed by atoms with E-state index in [4.69, 9.17) is 11.6 Å². The number of hydrazine groups is 1. The minimum absolute atomic E-state index is 0.568. The highest BCUT2D eigenvalue weighted by atomic mass is 15.4. The third-order valence-electron chi connectivity index (χ3n) is 2.05. The molecule has 0 aliphatic heterocycles. The van der Waals surface area contributed by atoms with Crippen molar-refractivity contribution < 1.29 is 0 Å². The number of hydrogen-bond acceptors (Lipinski definition) is 4. The van der Waals surface area contributed by atoms with Crippen LogP contribution in [0.15, 0.2) is 25.2 Å². The standard InChI is InChI=1S/C9H15N5/c1-4-14(11)6-9(10)8-5-12-13(3)7(8)2/h4-6H,1,10-11H2,2-3H3/b9-6-. The number of rotatable bonds is 3. The molecule has 1 rings (SSSR count). The molecule has 0 amide bonds. The summed E-state index contributed by atoms with van der Waals surface area (Å²) in [5, 5.41) is 5.39. The third kappa shape index (κ3) is 1.94. The lowest BCUT2D eigenvalue weighted by Gasteiger charge is -2.08. The van der Waals surface area contributed by atoms with Crippen molar-refractivity contribution in [3.63, 3.8) is 0 Å². The molecule has 0 aliphatic carbocycles. The van der Waals surface area contributed by atoms with Gasteiger partial charge in [-0.15, -0.1) is 0 Å². The van der Waals surface area contributed by atoms with E-state index in [0.29, 0.717) is 5.70 Å². The molecule has 0 spiro atoms. The number of nitrogens with two attached hydrogens (primary N) is 2. The number of aromatic nitrogens is 2. The second-order valence-corrected chi connectivity index (χ2v) is 2.98. The maximum atomic E-state index is 5.82. The Hall–Kier alpha value is -1.75. The first-order valence-corrected chi connectivity index (χ1v) is 4.18. The zero-order valence-corrected chi connectivity index (χ0v) is 8.44. The number of hydrogen-bond donors (Lipinski definition) is 2. The fraction of sp³-hybridized carbons (Fsp3) is 0.222. The van der Waals surface area contributed by atoms with Crippen LogP contribution in [0.2, 0.25) is 0 Å². The molecule has 0 radical (unpaired) electrons. The van der Waals surface area contributed by atoms with Gasteiger partial charge in [0.1, 0.15) is 0 Å². The molecular formula is C9H15N5. The molecule has 5 nitrogen and oxygen atoms in total. The summed E-state index contributed by atoms with van der Waals surface area (Å²) < 4.78 is 1.75. The maximum Gasteiger partial charge on any atom is 0.0603 e. The fourth-order valence-corrected chi connectivity index (χ4v) is 1.06. The molecule has 0 aliphatic rings. The van der Waals surface area contributed by atoms with E-state index in [1.54, 1.807) is 17.1 Å². The lowest BCUT2D eigenvalue weighted by Crippen LogP contribution is -2.19. The predicted molar refractivity (Wildman–Crippen MR) is 56.3 cm³/mol. The molecule has 1 aromatic rings. The summed E-state index contributed by atoms with van der Waals surface area (Å²) in [6.07, 6.45) is 4.77. The zero-order valence-electron chi connectivity index (χ0n) is 8.44. The minimum atomic E-state index is 0.568. The van der Waals surface area contributed by atoms with Crippen LogP contribution in [0.1, 0.15) is 11.3 Å². The van der Waals surface area contributed by atoms with Crippen molar-refractivity contribution in [1.82, 2.24) is 14.8 Å². The molecule has 0 saturated heterocycles. The molecule has 0 saturated carbocycles. The van der Waals surface area contributed by atoms with Gasteiger partial charge in [-0.1, -0.05) is 6.58 Å². The second kappa shape index (κ2) is 3.97. The number of nitrogens with zero attached hydrogens (tertiary/aromatic N) is 3. The van der Waals surface area contributed by atoms with Crippen LogP contribution in [0, 0.1) is 6.92 Å². The second-order valence-electron chi connectivity index (χ2n) is 2.98. The van der Waals surface area contributed by atoms with Gasteiger partial charge in [0.15, 0.2) is 0 Å². The zero-order chi connectivity index (χ0) is 10.7. The Morgan fingerprint density at radius 3 is 2.79 bits per heavy atom. The van der Waals surface area contributed by atoms with Gasteiger partial charge in [-0.25, -0.2) is 5.84 Å². The van der Waals surface area contributed by atoms with Crippen molar-refractivity contribution in [2.24, 2.45) is 18.6 Å². The summed E-state index contributed by atoms with van der Waals surface area (Å²) in [6, 6.07) is 0. The van der Waals surface area contributed by atoms with E-state index in [2.05, 4.69) is 11.7 Å². The average Bonchev–Trinajstić information content (AvgIpc) is 2.47. The van der Waals surface area contributed by atoms with E-state index >= 15 is 0 Å². The van der Waals surface area contributed by atoms with E-state index < -0.39 is 0 Å². The molecule has 0 atom stereocenters. The monoisotopic (exact) mass is 193 g/mol. The lowest BCUT2D eigenvalue weighted by atomic mass is 10.2. The van der Waals surface area contributed by atoms with Crippen molar-refractivity contribution in [3.8, 4) is 0 Å². The van der Waals surface area contributed by atoms with E-state index in [1.165, 1.54) is 11.2 Å². The Bertz CT molecular complexity index is 363. The Morgan fingerprint density at radius 2 is 2.36 bits per heavy atom. The Morgan fingerprint density at radius 1 is 1.71 bits per heavy atom. The largest absolute Gasteiger partial charge is 0.397 e. The van der Waals surface area contributed by atoms with Gasteiger partial charge in [-0.05, 0) is 6.92 Å². The van der Waals surface area contributed by atoms with Gasteiger partial charge >= 0.3 is 0 Å². The van der Waals surface area contributed by atoms with Crippen LogP contribution < -0.4 is 11.6 Å². The first-order valence-electron chi connectivity index (χ1n) is 4.18. The van der Waals surface area contributed by atoms with Crippen molar-refractivity contribution in [1.29, 1.82) is 0 Å². The van der Waals surface area contributed by atoms with E-state index in [1.807, 2.05) is 14.0 Å². The van der Waals surface area contributed by atoms with Crippen molar-refractivity contribution in [2.75, 3.05) is 0 Å². The summed E-state index contributed by atoms with van der Waals surface area (Å²) in [5.74, 6) is 5.50. The smallest absolute Gasteiger partial charge is 0.0603 e. The highest BCUT2D eigenvalue weighted by Gasteiger charge is 2.05. The van der Waals surface area contributed by atoms with Gasteiger partial charge in [0, 0.05) is 30.7 Å². The molecule has 1 heterocycles.